The molecule has 0 aliphatic heterocycles. The molecule has 0 amide bonds. The van der Waals surface area contributed by atoms with E-state index in [0.29, 0.717) is 0 Å². The van der Waals surface area contributed by atoms with Gasteiger partial charge in [-0.2, -0.15) is 5.26 Å². The fraction of sp³-hybridized carbons (Fsp3) is 0.323. The zero-order valence-corrected chi connectivity index (χ0v) is 46.3. The van der Waals surface area contributed by atoms with E-state index in [-0.39, 0.29) is 21.8 Å². The summed E-state index contributed by atoms with van der Waals surface area (Å²) in [4.78, 5) is 18.3. The molecule has 376 valence electrons. The third kappa shape index (κ3) is 8.48. The fourth-order valence-corrected chi connectivity index (χ4v) is 15.9. The lowest BCUT2D eigenvalue weighted by Crippen LogP contribution is -2.19. The lowest BCUT2D eigenvalue weighted by atomic mass is 9.81. The summed E-state index contributed by atoms with van der Waals surface area (Å²) in [6.07, 6.45) is 10.9. The summed E-state index contributed by atoms with van der Waals surface area (Å²) in [5, 5.41) is 18.8. The zero-order chi connectivity index (χ0) is 51.7. The maximum Gasteiger partial charge on any atom is 0.346 e. The highest BCUT2D eigenvalue weighted by Crippen LogP contribution is 2.60. The van der Waals surface area contributed by atoms with Crippen LogP contribution >= 0.6 is 34.0 Å². The standard InChI is InChI=1S/C65H64N2O4S3/c1-9-11-13-15-29-70-43-20-26-48-46-23-17-40(32-51(46)63(3,4)54(48)35-43)67(41-18-24-47-49-27-21-44(71-30-16-14-12-10-2)36-55(49)64(5,6)52(47)33-41)42-19-25-50-53(34-42)65(7,8)59-60(50)74-58-37-57(73-61(58)59)56-28-22-45(72-56)31-39(38-66)62(68)69/h17-28,31-37H,9-16,29-30H2,1-8H3,(H,68,69)/b39-31-. The molecule has 11 rings (SSSR count). The van der Waals surface area contributed by atoms with E-state index in [9.17, 15) is 15.2 Å². The summed E-state index contributed by atoms with van der Waals surface area (Å²) in [5.74, 6) is 0.678. The van der Waals surface area contributed by atoms with Crippen molar-refractivity contribution in [3.63, 3.8) is 0 Å². The van der Waals surface area contributed by atoms with Crippen molar-refractivity contribution >= 4 is 72.5 Å². The van der Waals surface area contributed by atoms with Crippen LogP contribution in [-0.2, 0) is 21.0 Å². The minimum absolute atomic E-state index is 0.246. The van der Waals surface area contributed by atoms with Gasteiger partial charge in [-0.1, -0.05) is 124 Å². The molecule has 74 heavy (non-hydrogen) atoms. The first-order valence-electron chi connectivity index (χ1n) is 26.5. The molecule has 0 unspecified atom stereocenters. The Labute approximate surface area is 448 Å². The molecular formula is C65H64N2O4S3. The normalized spacial score (nSPS) is 15.0. The monoisotopic (exact) mass is 1030 g/mol. The van der Waals surface area contributed by atoms with Crippen LogP contribution in [0.3, 0.4) is 0 Å². The summed E-state index contributed by atoms with van der Waals surface area (Å²) < 4.78 is 15.3. The number of benzene rings is 5. The van der Waals surface area contributed by atoms with Gasteiger partial charge in [-0.05, 0) is 159 Å². The van der Waals surface area contributed by atoms with Gasteiger partial charge in [-0.25, -0.2) is 4.79 Å². The molecule has 3 heterocycles. The van der Waals surface area contributed by atoms with E-state index in [1.165, 1.54) is 131 Å². The molecule has 0 saturated carbocycles. The lowest BCUT2D eigenvalue weighted by Gasteiger charge is -2.31. The molecule has 1 N–H and O–H groups in total. The number of ether oxygens (including phenoxy) is 2. The highest BCUT2D eigenvalue weighted by atomic mass is 32.1. The van der Waals surface area contributed by atoms with E-state index in [2.05, 4.69) is 157 Å². The predicted molar refractivity (Wildman–Crippen MR) is 311 cm³/mol. The van der Waals surface area contributed by atoms with Crippen LogP contribution in [0.15, 0.2) is 115 Å². The van der Waals surface area contributed by atoms with Gasteiger partial charge in [0.2, 0.25) is 0 Å². The molecule has 0 radical (unpaired) electrons. The molecule has 9 heteroatoms. The maximum atomic E-state index is 11.6. The lowest BCUT2D eigenvalue weighted by molar-refractivity contribution is -0.132. The first-order chi connectivity index (χ1) is 35.6. The van der Waals surface area contributed by atoms with E-state index in [1.54, 1.807) is 11.3 Å². The van der Waals surface area contributed by atoms with E-state index in [4.69, 9.17) is 9.47 Å². The number of rotatable bonds is 18. The van der Waals surface area contributed by atoms with Gasteiger partial charge in [0.15, 0.2) is 0 Å². The van der Waals surface area contributed by atoms with Gasteiger partial charge in [-0.3, -0.25) is 0 Å². The van der Waals surface area contributed by atoms with Crippen LogP contribution < -0.4 is 14.4 Å². The number of anilines is 3. The zero-order valence-electron chi connectivity index (χ0n) is 43.8. The van der Waals surface area contributed by atoms with Gasteiger partial charge in [0.1, 0.15) is 23.1 Å². The van der Waals surface area contributed by atoms with Crippen LogP contribution in [0.2, 0.25) is 0 Å². The molecule has 3 aliphatic rings. The molecule has 0 fully saturated rings. The minimum atomic E-state index is -1.21. The Kier molecular flexibility index (Phi) is 13.0. The number of thiophene rings is 3. The van der Waals surface area contributed by atoms with Gasteiger partial charge >= 0.3 is 5.97 Å². The van der Waals surface area contributed by atoms with Crippen LogP contribution in [0.5, 0.6) is 11.5 Å². The van der Waals surface area contributed by atoms with E-state index in [1.807, 2.05) is 29.5 Å². The van der Waals surface area contributed by atoms with Crippen LogP contribution in [-0.4, -0.2) is 24.3 Å². The van der Waals surface area contributed by atoms with Gasteiger partial charge < -0.3 is 19.5 Å². The smallest absolute Gasteiger partial charge is 0.346 e. The van der Waals surface area contributed by atoms with Crippen molar-refractivity contribution in [3.8, 4) is 60.0 Å². The summed E-state index contributed by atoms with van der Waals surface area (Å²) in [6.45, 7) is 20.2. The van der Waals surface area contributed by atoms with Crippen molar-refractivity contribution in [3.05, 3.63) is 153 Å². The second-order valence-corrected chi connectivity index (χ2v) is 25.1. The van der Waals surface area contributed by atoms with Gasteiger partial charge in [-0.15, -0.1) is 34.0 Å². The Balaban J connectivity index is 0.977. The van der Waals surface area contributed by atoms with Crippen molar-refractivity contribution in [2.45, 2.75) is 123 Å². The highest BCUT2D eigenvalue weighted by molar-refractivity contribution is 7.32. The molecule has 8 aromatic rings. The quantitative estimate of drug-likeness (QED) is 0.0524. The second-order valence-electron chi connectivity index (χ2n) is 21.9. The number of hydrogen-bond acceptors (Lipinski definition) is 8. The first kappa shape index (κ1) is 49.8. The number of unbranched alkanes of at least 4 members (excludes halogenated alkanes) is 6. The van der Waals surface area contributed by atoms with E-state index in [0.717, 1.165) is 69.2 Å². The summed E-state index contributed by atoms with van der Waals surface area (Å²) >= 11 is 5.18. The average Bonchev–Trinajstić information content (AvgIpc) is 4.24. The van der Waals surface area contributed by atoms with Crippen LogP contribution in [0.4, 0.5) is 17.1 Å². The van der Waals surface area contributed by atoms with Crippen LogP contribution in [0, 0.1) is 11.3 Å². The largest absolute Gasteiger partial charge is 0.494 e. The fourth-order valence-electron chi connectivity index (χ4n) is 11.9. The number of hydrogen-bond donors (Lipinski definition) is 1. The second kappa shape index (κ2) is 19.4. The SMILES string of the molecule is CCCCCCOc1ccc2c(c1)C(C)(C)c1cc(N(c3ccc4c(c3)C(C)(C)c3cc(OCCCCCC)ccc3-4)c3ccc4c(c3)C(C)(C)c3c-4sc4cc(-c5ccc(/C=C(/C#N)C(=O)O)s5)sc34)ccc1-2. The molecule has 6 nitrogen and oxygen atoms in total. The van der Waals surface area contributed by atoms with Gasteiger partial charge in [0, 0.05) is 57.5 Å². The molecule has 0 spiro atoms. The third-order valence-corrected chi connectivity index (χ3v) is 19.7. The molecular weight excluding hydrogens is 969 g/mol. The predicted octanol–water partition coefficient (Wildman–Crippen LogP) is 19.0. The maximum absolute atomic E-state index is 11.6. The average molecular weight is 1030 g/mol. The van der Waals surface area contributed by atoms with Crippen LogP contribution in [0.25, 0.3) is 57.9 Å². The molecule has 3 aromatic heterocycles. The highest BCUT2D eigenvalue weighted by Gasteiger charge is 2.42. The van der Waals surface area contributed by atoms with Gasteiger partial charge in [0.05, 0.1) is 17.9 Å². The number of fused-ring (bicyclic) bond motifs is 11. The Morgan fingerprint density at radius 2 is 1.05 bits per heavy atom. The molecule has 3 aliphatic carbocycles. The molecule has 0 atom stereocenters. The van der Waals surface area contributed by atoms with Crippen molar-refractivity contribution < 1.29 is 19.4 Å². The molecule has 5 aromatic carbocycles. The molecule has 0 saturated heterocycles. The Morgan fingerprint density at radius 1 is 0.568 bits per heavy atom. The third-order valence-electron chi connectivity index (χ3n) is 16.0. The Morgan fingerprint density at radius 3 is 1.55 bits per heavy atom. The molecule has 0 bridgehead atoms. The van der Waals surface area contributed by atoms with Crippen molar-refractivity contribution in [2.75, 3.05) is 18.1 Å². The Bertz CT molecular complexity index is 3470. The summed E-state index contributed by atoms with van der Waals surface area (Å²) in [5.41, 5.74) is 16.6. The number of aliphatic carboxylic acids is 1. The van der Waals surface area contributed by atoms with Crippen molar-refractivity contribution in [1.82, 2.24) is 0 Å². The number of carboxylic acid groups (broad SMARTS) is 1. The first-order valence-corrected chi connectivity index (χ1v) is 28.9. The minimum Gasteiger partial charge on any atom is -0.494 e. The number of nitriles is 1. The van der Waals surface area contributed by atoms with Gasteiger partial charge in [0.25, 0.3) is 0 Å². The number of nitrogens with zero attached hydrogens (tertiary/aromatic N) is 2. The Hall–Kier alpha value is -6.44. The number of carboxylic acids is 1. The topological polar surface area (TPSA) is 82.8 Å². The van der Waals surface area contributed by atoms with E-state index < -0.39 is 5.97 Å². The van der Waals surface area contributed by atoms with Crippen LogP contribution in [0.1, 0.15) is 145 Å². The van der Waals surface area contributed by atoms with Crippen molar-refractivity contribution in [1.29, 1.82) is 5.26 Å². The summed E-state index contributed by atoms with van der Waals surface area (Å²) in [6, 6.07) is 42.8. The van der Waals surface area contributed by atoms with E-state index >= 15 is 0 Å². The summed E-state index contributed by atoms with van der Waals surface area (Å²) in [7, 11) is 0. The van der Waals surface area contributed by atoms with Crippen molar-refractivity contribution in [2.24, 2.45) is 0 Å². The number of carbonyl (C=O) groups is 1.